The van der Waals surface area contributed by atoms with Crippen molar-refractivity contribution in [3.05, 3.63) is 69.2 Å². The number of carbonyl (C=O) groups excluding carboxylic acids is 1. The summed E-state index contributed by atoms with van der Waals surface area (Å²) in [6, 6.07) is 14.9. The number of amides is 1. The minimum atomic E-state index is -0.0266. The Hall–Kier alpha value is -1.32. The lowest BCUT2D eigenvalue weighted by Gasteiger charge is -2.18. The van der Waals surface area contributed by atoms with E-state index in [1.165, 1.54) is 0 Å². The van der Waals surface area contributed by atoms with E-state index in [0.717, 1.165) is 10.0 Å². The SMILES string of the molecule is CN(Cc1ccccc1Cl)C(=O)c1cccc(Br)c1. The number of carbonyl (C=O) groups is 1. The van der Waals surface area contributed by atoms with Gasteiger partial charge in [0, 0.05) is 28.7 Å². The largest absolute Gasteiger partial charge is 0.337 e. The summed E-state index contributed by atoms with van der Waals surface area (Å²) in [6.45, 7) is 0.491. The summed E-state index contributed by atoms with van der Waals surface area (Å²) >= 11 is 9.46. The molecule has 0 saturated heterocycles. The first kappa shape index (κ1) is 14.1. The van der Waals surface area contributed by atoms with Gasteiger partial charge in [-0.15, -0.1) is 0 Å². The van der Waals surface area contributed by atoms with Crippen LogP contribution in [-0.4, -0.2) is 17.9 Å². The zero-order chi connectivity index (χ0) is 13.8. The van der Waals surface area contributed by atoms with Crippen LogP contribution in [-0.2, 0) is 6.54 Å². The van der Waals surface area contributed by atoms with E-state index in [1.807, 2.05) is 42.5 Å². The fourth-order valence-corrected chi connectivity index (χ4v) is 2.39. The van der Waals surface area contributed by atoms with Crippen molar-refractivity contribution in [2.75, 3.05) is 7.05 Å². The van der Waals surface area contributed by atoms with E-state index in [-0.39, 0.29) is 5.91 Å². The molecule has 0 aliphatic heterocycles. The molecule has 4 heteroatoms. The van der Waals surface area contributed by atoms with Gasteiger partial charge in [-0.1, -0.05) is 51.8 Å². The quantitative estimate of drug-likeness (QED) is 0.813. The first-order chi connectivity index (χ1) is 9.08. The molecular weight excluding hydrogens is 326 g/mol. The third-order valence-corrected chi connectivity index (χ3v) is 3.65. The van der Waals surface area contributed by atoms with E-state index in [0.29, 0.717) is 17.1 Å². The summed E-state index contributed by atoms with van der Waals surface area (Å²) < 4.78 is 0.893. The highest BCUT2D eigenvalue weighted by Crippen LogP contribution is 2.18. The van der Waals surface area contributed by atoms with Crippen molar-refractivity contribution in [2.45, 2.75) is 6.54 Å². The van der Waals surface area contributed by atoms with E-state index in [4.69, 9.17) is 11.6 Å². The normalized spacial score (nSPS) is 10.3. The molecule has 0 fully saturated rings. The van der Waals surface area contributed by atoms with Crippen LogP contribution in [0.2, 0.25) is 5.02 Å². The fourth-order valence-electron chi connectivity index (χ4n) is 1.80. The summed E-state index contributed by atoms with van der Waals surface area (Å²) in [4.78, 5) is 13.9. The van der Waals surface area contributed by atoms with E-state index >= 15 is 0 Å². The van der Waals surface area contributed by atoms with Crippen LogP contribution < -0.4 is 0 Å². The second-order valence-corrected chi connectivity index (χ2v) is 5.59. The fraction of sp³-hybridized carbons (Fsp3) is 0.133. The molecule has 2 rings (SSSR count). The summed E-state index contributed by atoms with van der Waals surface area (Å²) in [7, 11) is 1.77. The Morgan fingerprint density at radius 2 is 1.95 bits per heavy atom. The first-order valence-corrected chi connectivity index (χ1v) is 6.99. The average molecular weight is 339 g/mol. The molecule has 0 aromatic heterocycles. The van der Waals surface area contributed by atoms with Gasteiger partial charge in [-0.25, -0.2) is 0 Å². The topological polar surface area (TPSA) is 20.3 Å². The molecule has 2 nitrogen and oxygen atoms in total. The van der Waals surface area contributed by atoms with Crippen LogP contribution in [0.15, 0.2) is 53.0 Å². The van der Waals surface area contributed by atoms with Gasteiger partial charge in [0.1, 0.15) is 0 Å². The molecule has 0 saturated carbocycles. The van der Waals surface area contributed by atoms with E-state index in [1.54, 1.807) is 18.0 Å². The molecule has 0 aliphatic carbocycles. The Labute approximate surface area is 126 Å². The minimum Gasteiger partial charge on any atom is -0.337 e. The number of nitrogens with zero attached hydrogens (tertiary/aromatic N) is 1. The van der Waals surface area contributed by atoms with Crippen LogP contribution >= 0.6 is 27.5 Å². The lowest BCUT2D eigenvalue weighted by Crippen LogP contribution is -2.26. The lowest BCUT2D eigenvalue weighted by atomic mass is 10.1. The van der Waals surface area contributed by atoms with Crippen molar-refractivity contribution in [3.8, 4) is 0 Å². The van der Waals surface area contributed by atoms with E-state index in [9.17, 15) is 4.79 Å². The highest BCUT2D eigenvalue weighted by molar-refractivity contribution is 9.10. The maximum Gasteiger partial charge on any atom is 0.253 e. The van der Waals surface area contributed by atoms with Crippen LogP contribution in [0, 0.1) is 0 Å². The summed E-state index contributed by atoms with van der Waals surface area (Å²) in [5.41, 5.74) is 1.60. The molecule has 0 radical (unpaired) electrons. The van der Waals surface area contributed by atoms with Gasteiger partial charge in [0.2, 0.25) is 0 Å². The maximum atomic E-state index is 12.3. The summed E-state index contributed by atoms with van der Waals surface area (Å²) in [5.74, 6) is -0.0266. The van der Waals surface area contributed by atoms with Gasteiger partial charge in [-0.05, 0) is 29.8 Å². The summed E-state index contributed by atoms with van der Waals surface area (Å²) in [6.07, 6.45) is 0. The third-order valence-electron chi connectivity index (χ3n) is 2.78. The Bertz CT molecular complexity index is 600. The second-order valence-electron chi connectivity index (χ2n) is 4.26. The number of halogens is 2. The van der Waals surface area contributed by atoms with Gasteiger partial charge >= 0.3 is 0 Å². The third kappa shape index (κ3) is 3.58. The molecule has 0 atom stereocenters. The molecule has 0 aliphatic rings. The maximum absolute atomic E-state index is 12.3. The Kier molecular flexibility index (Phi) is 4.61. The number of rotatable bonds is 3. The molecule has 0 unspecified atom stereocenters. The smallest absolute Gasteiger partial charge is 0.253 e. The second kappa shape index (κ2) is 6.22. The van der Waals surface area contributed by atoms with Gasteiger partial charge in [-0.3, -0.25) is 4.79 Å². The van der Waals surface area contributed by atoms with Crippen molar-refractivity contribution in [1.29, 1.82) is 0 Å². The number of hydrogen-bond donors (Lipinski definition) is 0. The van der Waals surface area contributed by atoms with Gasteiger partial charge in [0.15, 0.2) is 0 Å². The highest BCUT2D eigenvalue weighted by atomic mass is 79.9. The van der Waals surface area contributed by atoms with Gasteiger partial charge in [0.25, 0.3) is 5.91 Å². The van der Waals surface area contributed by atoms with Crippen LogP contribution in [0.4, 0.5) is 0 Å². The van der Waals surface area contributed by atoms with Crippen molar-refractivity contribution in [3.63, 3.8) is 0 Å². The zero-order valence-corrected chi connectivity index (χ0v) is 12.8. The van der Waals surface area contributed by atoms with Crippen molar-refractivity contribution >= 4 is 33.4 Å². The molecule has 2 aromatic rings. The van der Waals surface area contributed by atoms with Crippen LogP contribution in [0.3, 0.4) is 0 Å². The summed E-state index contributed by atoms with van der Waals surface area (Å²) in [5, 5.41) is 0.677. The van der Waals surface area contributed by atoms with Gasteiger partial charge in [0.05, 0.1) is 0 Å². The van der Waals surface area contributed by atoms with Gasteiger partial charge < -0.3 is 4.90 Å². The van der Waals surface area contributed by atoms with Crippen molar-refractivity contribution < 1.29 is 4.79 Å². The molecule has 1 amide bonds. The predicted molar refractivity (Wildman–Crippen MR) is 81.4 cm³/mol. The van der Waals surface area contributed by atoms with Crippen molar-refractivity contribution in [1.82, 2.24) is 4.90 Å². The van der Waals surface area contributed by atoms with Crippen LogP contribution in [0.25, 0.3) is 0 Å². The molecule has 0 heterocycles. The zero-order valence-electron chi connectivity index (χ0n) is 10.4. The van der Waals surface area contributed by atoms with E-state index in [2.05, 4.69) is 15.9 Å². The Morgan fingerprint density at radius 3 is 2.63 bits per heavy atom. The lowest BCUT2D eigenvalue weighted by molar-refractivity contribution is 0.0785. The van der Waals surface area contributed by atoms with E-state index < -0.39 is 0 Å². The number of benzene rings is 2. The molecular formula is C15H13BrClNO. The van der Waals surface area contributed by atoms with Crippen LogP contribution in [0.1, 0.15) is 15.9 Å². The van der Waals surface area contributed by atoms with Crippen molar-refractivity contribution in [2.24, 2.45) is 0 Å². The molecule has 0 spiro atoms. The molecule has 0 N–H and O–H groups in total. The first-order valence-electron chi connectivity index (χ1n) is 5.82. The highest BCUT2D eigenvalue weighted by Gasteiger charge is 2.13. The average Bonchev–Trinajstić information content (AvgIpc) is 2.40. The van der Waals surface area contributed by atoms with Crippen LogP contribution in [0.5, 0.6) is 0 Å². The predicted octanol–water partition coefficient (Wildman–Crippen LogP) is 4.37. The van der Waals surface area contributed by atoms with Gasteiger partial charge in [-0.2, -0.15) is 0 Å². The molecule has 98 valence electrons. The monoisotopic (exact) mass is 337 g/mol. The minimum absolute atomic E-state index is 0.0266. The molecule has 19 heavy (non-hydrogen) atoms. The number of hydrogen-bond acceptors (Lipinski definition) is 1. The molecule has 0 bridgehead atoms. The standard InChI is InChI=1S/C15H13BrClNO/c1-18(10-12-5-2-3-8-14(12)17)15(19)11-6-4-7-13(16)9-11/h2-9H,10H2,1H3. The Balaban J connectivity index is 2.14. The molecule has 2 aromatic carbocycles. The Morgan fingerprint density at radius 1 is 1.21 bits per heavy atom.